The van der Waals surface area contributed by atoms with Crippen LogP contribution < -0.4 is 11.1 Å². The normalized spacial score (nSPS) is 11.3. The van der Waals surface area contributed by atoms with Crippen LogP contribution in [-0.4, -0.2) is 18.7 Å². The number of nitrogens with zero attached hydrogens (tertiary/aromatic N) is 1. The van der Waals surface area contributed by atoms with Gasteiger partial charge >= 0.3 is 6.09 Å². The zero-order chi connectivity index (χ0) is 12.5. The number of carbonyl (C=O) groups is 1. The lowest BCUT2D eigenvalue weighted by atomic mass is 10.2. The predicted octanol–water partition coefficient (Wildman–Crippen LogP) is 1.15. The van der Waals surface area contributed by atoms with Gasteiger partial charge in [0.15, 0.2) is 0 Å². The first-order valence-electron chi connectivity index (χ1n) is 5.33. The predicted molar refractivity (Wildman–Crippen MR) is 62.8 cm³/mol. The summed E-state index contributed by atoms with van der Waals surface area (Å²) in [6.45, 7) is 0.532. The Hall–Kier alpha value is -2.06. The first-order chi connectivity index (χ1) is 8.26. The van der Waals surface area contributed by atoms with E-state index in [1.54, 1.807) is 0 Å². The second-order valence-electron chi connectivity index (χ2n) is 3.47. The first kappa shape index (κ1) is 13.0. The number of benzene rings is 1. The fourth-order valence-corrected chi connectivity index (χ4v) is 1.24. The number of hydrogen-bond acceptors (Lipinski definition) is 4. The smallest absolute Gasteiger partial charge is 0.408 e. The van der Waals surface area contributed by atoms with Gasteiger partial charge in [0.2, 0.25) is 0 Å². The van der Waals surface area contributed by atoms with Crippen LogP contribution in [0.3, 0.4) is 0 Å². The third kappa shape index (κ3) is 5.00. The van der Waals surface area contributed by atoms with Crippen molar-refractivity contribution in [2.75, 3.05) is 6.54 Å². The van der Waals surface area contributed by atoms with E-state index < -0.39 is 12.1 Å². The molecule has 1 rings (SSSR count). The molecule has 0 aliphatic carbocycles. The average molecular weight is 233 g/mol. The highest BCUT2D eigenvalue weighted by Gasteiger charge is 2.10. The number of rotatable bonds is 5. The summed E-state index contributed by atoms with van der Waals surface area (Å²) in [5, 5.41) is 11.2. The van der Waals surface area contributed by atoms with E-state index in [-0.39, 0.29) is 6.61 Å². The standard InChI is InChI=1S/C12H15N3O2/c13-7-6-11(8-14)15-12(16)17-9-10-4-2-1-3-5-10/h1-5,11H,6-7,9,13H2,(H,15,16). The number of hydrogen-bond donors (Lipinski definition) is 2. The molecule has 1 aromatic carbocycles. The molecule has 1 aromatic rings. The maximum absolute atomic E-state index is 11.3. The number of ether oxygens (including phenoxy) is 1. The number of carbonyl (C=O) groups excluding carboxylic acids is 1. The van der Waals surface area contributed by atoms with Crippen LogP contribution in [0.1, 0.15) is 12.0 Å². The average Bonchev–Trinajstić information content (AvgIpc) is 2.37. The van der Waals surface area contributed by atoms with Gasteiger partial charge in [0.1, 0.15) is 12.6 Å². The summed E-state index contributed by atoms with van der Waals surface area (Å²) < 4.78 is 4.96. The molecule has 0 aliphatic heterocycles. The molecule has 0 fully saturated rings. The molecule has 5 nitrogen and oxygen atoms in total. The Morgan fingerprint density at radius 2 is 2.18 bits per heavy atom. The van der Waals surface area contributed by atoms with E-state index in [0.717, 1.165) is 5.56 Å². The summed E-state index contributed by atoms with van der Waals surface area (Å²) in [5.74, 6) is 0. The lowest BCUT2D eigenvalue weighted by molar-refractivity contribution is 0.137. The molecule has 0 aromatic heterocycles. The van der Waals surface area contributed by atoms with Gasteiger partial charge in [-0.15, -0.1) is 0 Å². The molecule has 5 heteroatoms. The molecule has 0 radical (unpaired) electrons. The molecule has 90 valence electrons. The van der Waals surface area contributed by atoms with Gasteiger partial charge in [-0.1, -0.05) is 30.3 Å². The maximum atomic E-state index is 11.3. The molecule has 1 unspecified atom stereocenters. The summed E-state index contributed by atoms with van der Waals surface area (Å²) in [6.07, 6.45) is -0.189. The lowest BCUT2D eigenvalue weighted by Crippen LogP contribution is -2.35. The third-order valence-electron chi connectivity index (χ3n) is 2.12. The highest BCUT2D eigenvalue weighted by Crippen LogP contribution is 2.00. The van der Waals surface area contributed by atoms with Crippen LogP contribution in [0.15, 0.2) is 30.3 Å². The Kier molecular flexibility index (Phi) is 5.55. The summed E-state index contributed by atoms with van der Waals surface area (Å²) in [4.78, 5) is 11.3. The van der Waals surface area contributed by atoms with E-state index in [2.05, 4.69) is 5.32 Å². The van der Waals surface area contributed by atoms with Gasteiger partial charge < -0.3 is 15.8 Å². The van der Waals surface area contributed by atoms with Crippen molar-refractivity contribution < 1.29 is 9.53 Å². The van der Waals surface area contributed by atoms with Gasteiger partial charge in [0.05, 0.1) is 6.07 Å². The number of nitriles is 1. The Bertz CT molecular complexity index is 386. The van der Waals surface area contributed by atoms with Gasteiger partial charge in [0.25, 0.3) is 0 Å². The van der Waals surface area contributed by atoms with E-state index in [1.165, 1.54) is 0 Å². The number of nitrogens with one attached hydrogen (secondary N) is 1. The van der Waals surface area contributed by atoms with Crippen molar-refractivity contribution in [2.24, 2.45) is 5.73 Å². The maximum Gasteiger partial charge on any atom is 0.408 e. The number of amides is 1. The zero-order valence-electron chi connectivity index (χ0n) is 9.43. The van der Waals surface area contributed by atoms with Crippen LogP contribution in [-0.2, 0) is 11.3 Å². The topological polar surface area (TPSA) is 88.1 Å². The molecule has 0 bridgehead atoms. The van der Waals surface area contributed by atoms with E-state index in [1.807, 2.05) is 36.4 Å². The Balaban J connectivity index is 2.33. The molecule has 0 saturated heterocycles. The summed E-state index contributed by atoms with van der Waals surface area (Å²) >= 11 is 0. The van der Waals surface area contributed by atoms with E-state index >= 15 is 0 Å². The molecule has 0 heterocycles. The molecular formula is C12H15N3O2. The minimum atomic E-state index is -0.603. The molecule has 1 atom stereocenters. The molecule has 0 aliphatic rings. The van der Waals surface area contributed by atoms with Crippen LogP contribution in [0.4, 0.5) is 4.79 Å². The SMILES string of the molecule is N#CC(CCN)NC(=O)OCc1ccccc1. The van der Waals surface area contributed by atoms with Crippen molar-refractivity contribution in [1.29, 1.82) is 5.26 Å². The minimum Gasteiger partial charge on any atom is -0.445 e. The summed E-state index contributed by atoms with van der Waals surface area (Å²) in [6, 6.07) is 10.7. The highest BCUT2D eigenvalue weighted by atomic mass is 16.5. The van der Waals surface area contributed by atoms with Gasteiger partial charge in [-0.2, -0.15) is 5.26 Å². The number of alkyl carbamates (subject to hydrolysis) is 1. The fourth-order valence-electron chi connectivity index (χ4n) is 1.24. The Morgan fingerprint density at radius 1 is 1.47 bits per heavy atom. The van der Waals surface area contributed by atoms with Crippen molar-refractivity contribution in [1.82, 2.24) is 5.32 Å². The van der Waals surface area contributed by atoms with Gasteiger partial charge in [-0.3, -0.25) is 0 Å². The van der Waals surface area contributed by atoms with Crippen LogP contribution >= 0.6 is 0 Å². The minimum absolute atomic E-state index is 0.188. The second kappa shape index (κ2) is 7.25. The zero-order valence-corrected chi connectivity index (χ0v) is 9.43. The van der Waals surface area contributed by atoms with Gasteiger partial charge in [-0.05, 0) is 18.5 Å². The van der Waals surface area contributed by atoms with Crippen LogP contribution in [0, 0.1) is 11.3 Å². The molecular weight excluding hydrogens is 218 g/mol. The second-order valence-corrected chi connectivity index (χ2v) is 3.47. The van der Waals surface area contributed by atoms with Crippen molar-refractivity contribution in [3.05, 3.63) is 35.9 Å². The quantitative estimate of drug-likeness (QED) is 0.798. The molecule has 0 saturated carbocycles. The summed E-state index contributed by atoms with van der Waals surface area (Å²) in [5.41, 5.74) is 6.20. The van der Waals surface area contributed by atoms with E-state index in [4.69, 9.17) is 15.7 Å². The van der Waals surface area contributed by atoms with E-state index in [9.17, 15) is 4.79 Å². The van der Waals surface area contributed by atoms with Crippen LogP contribution in [0.5, 0.6) is 0 Å². The molecule has 1 amide bonds. The Labute approximate surface area is 100 Å². The van der Waals surface area contributed by atoms with Gasteiger partial charge in [-0.25, -0.2) is 4.79 Å². The fraction of sp³-hybridized carbons (Fsp3) is 0.333. The monoisotopic (exact) mass is 233 g/mol. The van der Waals surface area contributed by atoms with Gasteiger partial charge in [0, 0.05) is 0 Å². The molecule has 0 spiro atoms. The van der Waals surface area contributed by atoms with Crippen molar-refractivity contribution in [2.45, 2.75) is 19.1 Å². The van der Waals surface area contributed by atoms with Crippen molar-refractivity contribution in [3.63, 3.8) is 0 Å². The van der Waals surface area contributed by atoms with Crippen LogP contribution in [0.2, 0.25) is 0 Å². The van der Waals surface area contributed by atoms with Crippen molar-refractivity contribution in [3.8, 4) is 6.07 Å². The largest absolute Gasteiger partial charge is 0.445 e. The Morgan fingerprint density at radius 3 is 2.76 bits per heavy atom. The van der Waals surface area contributed by atoms with E-state index in [0.29, 0.717) is 13.0 Å². The molecule has 17 heavy (non-hydrogen) atoms. The summed E-state index contributed by atoms with van der Waals surface area (Å²) in [7, 11) is 0. The molecule has 3 N–H and O–H groups in total. The first-order valence-corrected chi connectivity index (χ1v) is 5.33. The van der Waals surface area contributed by atoms with Crippen molar-refractivity contribution >= 4 is 6.09 Å². The van der Waals surface area contributed by atoms with Crippen LogP contribution in [0.25, 0.3) is 0 Å². The third-order valence-corrected chi connectivity index (χ3v) is 2.12. The lowest BCUT2D eigenvalue weighted by Gasteiger charge is -2.10. The number of nitrogens with two attached hydrogens (primary N) is 1. The highest BCUT2D eigenvalue weighted by molar-refractivity contribution is 5.68.